The number of aromatic hydroxyl groups is 2. The van der Waals surface area contributed by atoms with E-state index in [0.29, 0.717) is 0 Å². The monoisotopic (exact) mass is 543 g/mol. The van der Waals surface area contributed by atoms with Crippen LogP contribution in [0.5, 0.6) is 17.2 Å². The third kappa shape index (κ3) is 4.11. The van der Waals surface area contributed by atoms with Gasteiger partial charge in [-0.1, -0.05) is 12.1 Å². The fourth-order valence-electron chi connectivity index (χ4n) is 5.75. The number of aliphatic hydroxyl groups excluding tert-OH is 2. The van der Waals surface area contributed by atoms with Gasteiger partial charge in [0.1, 0.15) is 29.5 Å². The Morgan fingerprint density at radius 1 is 1.15 bits per heavy atom. The Labute approximate surface area is 222 Å². The summed E-state index contributed by atoms with van der Waals surface area (Å²) in [5.74, 6) is -3.77. The lowest BCUT2D eigenvalue weighted by atomic mass is 9.72. The van der Waals surface area contributed by atoms with Crippen molar-refractivity contribution in [2.75, 3.05) is 13.7 Å². The molecule has 1 fully saturated rings. The van der Waals surface area contributed by atoms with Crippen molar-refractivity contribution >= 4 is 17.3 Å². The molecule has 208 valence electrons. The van der Waals surface area contributed by atoms with Crippen LogP contribution in [0.1, 0.15) is 68.8 Å². The van der Waals surface area contributed by atoms with Gasteiger partial charge in [0.15, 0.2) is 17.9 Å². The van der Waals surface area contributed by atoms with Crippen molar-refractivity contribution in [1.82, 2.24) is 0 Å². The van der Waals surface area contributed by atoms with E-state index in [9.17, 15) is 39.9 Å². The number of fused-ring (bicyclic) bond motifs is 3. The van der Waals surface area contributed by atoms with E-state index < -0.39 is 95.7 Å². The highest BCUT2D eigenvalue weighted by atomic mass is 16.7. The van der Waals surface area contributed by atoms with Crippen molar-refractivity contribution in [2.45, 2.75) is 62.4 Å². The highest BCUT2D eigenvalue weighted by Crippen LogP contribution is 2.52. The second-order valence-electron chi connectivity index (χ2n) is 10.2. The molecule has 12 heteroatoms. The van der Waals surface area contributed by atoms with Gasteiger partial charge in [0.2, 0.25) is 5.78 Å². The van der Waals surface area contributed by atoms with E-state index >= 15 is 0 Å². The number of benzene rings is 2. The van der Waals surface area contributed by atoms with Crippen LogP contribution in [0.2, 0.25) is 0 Å². The van der Waals surface area contributed by atoms with Crippen LogP contribution in [-0.4, -0.2) is 86.7 Å². The number of rotatable bonds is 5. The Bertz CT molecular complexity index is 1380. The molecule has 0 aromatic heterocycles. The normalized spacial score (nSPS) is 29.8. The summed E-state index contributed by atoms with van der Waals surface area (Å²) >= 11 is 0. The molecule has 5 rings (SSSR count). The molecule has 0 amide bonds. The molecular weight excluding hydrogens is 514 g/mol. The summed E-state index contributed by atoms with van der Waals surface area (Å²) < 4.78 is 17.0. The fourth-order valence-corrected chi connectivity index (χ4v) is 5.75. The molecule has 1 heterocycles. The molecule has 0 spiro atoms. The summed E-state index contributed by atoms with van der Waals surface area (Å²) in [6.07, 6.45) is -5.12. The van der Waals surface area contributed by atoms with Gasteiger partial charge in [0.05, 0.1) is 42.1 Å². The van der Waals surface area contributed by atoms with Gasteiger partial charge < -0.3 is 45.5 Å². The Hall–Kier alpha value is -3.39. The Balaban J connectivity index is 1.69. The van der Waals surface area contributed by atoms with E-state index in [1.165, 1.54) is 25.3 Å². The summed E-state index contributed by atoms with van der Waals surface area (Å²) in [6.45, 7) is 0.560. The minimum Gasteiger partial charge on any atom is -0.507 e. The number of ketones is 3. The summed E-state index contributed by atoms with van der Waals surface area (Å²) in [5.41, 5.74) is 2.37. The molecule has 0 bridgehead atoms. The van der Waals surface area contributed by atoms with Crippen LogP contribution in [0.4, 0.5) is 0 Å². The highest BCUT2D eigenvalue weighted by molar-refractivity contribution is 6.31. The second-order valence-corrected chi connectivity index (χ2v) is 10.2. The van der Waals surface area contributed by atoms with E-state index in [0.717, 1.165) is 0 Å². The van der Waals surface area contributed by atoms with Gasteiger partial charge in [-0.3, -0.25) is 14.4 Å². The van der Waals surface area contributed by atoms with Gasteiger partial charge in [0, 0.05) is 42.0 Å². The molecule has 3 unspecified atom stereocenters. The number of phenols is 2. The Kier molecular flexibility index (Phi) is 6.74. The molecule has 3 aliphatic rings. The molecule has 7 N–H and O–H groups in total. The first-order valence-corrected chi connectivity index (χ1v) is 12.4. The van der Waals surface area contributed by atoms with E-state index in [4.69, 9.17) is 19.9 Å². The zero-order chi connectivity index (χ0) is 28.4. The number of nitrogens with two attached hydrogens (primary N) is 1. The first kappa shape index (κ1) is 27.2. The molecule has 12 nitrogen and oxygen atoms in total. The van der Waals surface area contributed by atoms with Gasteiger partial charge >= 0.3 is 0 Å². The number of aliphatic hydroxyl groups is 3. The van der Waals surface area contributed by atoms with E-state index in [2.05, 4.69) is 0 Å². The summed E-state index contributed by atoms with van der Waals surface area (Å²) in [4.78, 5) is 39.7. The van der Waals surface area contributed by atoms with E-state index in [-0.39, 0.29) is 34.4 Å². The van der Waals surface area contributed by atoms with Crippen molar-refractivity contribution in [2.24, 2.45) is 5.73 Å². The molecule has 2 aromatic carbocycles. The number of Topliss-reactive ketones (excluding diaryl/α,β-unsaturated/α-hetero) is 1. The number of methoxy groups -OCH3 is 1. The topological polar surface area (TPSA) is 206 Å². The minimum atomic E-state index is -2.24. The Morgan fingerprint density at radius 2 is 1.85 bits per heavy atom. The summed E-state index contributed by atoms with van der Waals surface area (Å²) in [7, 11) is 1.32. The Morgan fingerprint density at radius 3 is 2.49 bits per heavy atom. The van der Waals surface area contributed by atoms with Gasteiger partial charge in [-0.25, -0.2) is 0 Å². The first-order chi connectivity index (χ1) is 18.4. The molecule has 6 atom stereocenters. The van der Waals surface area contributed by atoms with Crippen LogP contribution < -0.4 is 10.5 Å². The van der Waals surface area contributed by atoms with Crippen LogP contribution >= 0.6 is 0 Å². The van der Waals surface area contributed by atoms with Gasteiger partial charge in [-0.15, -0.1) is 0 Å². The van der Waals surface area contributed by atoms with E-state index in [1.807, 2.05) is 0 Å². The number of ether oxygens (including phenoxy) is 3. The zero-order valence-electron chi connectivity index (χ0n) is 21.2. The molecule has 2 aromatic rings. The molecule has 2 aliphatic carbocycles. The minimum absolute atomic E-state index is 0.0173. The average molecular weight is 544 g/mol. The predicted octanol–water partition coefficient (Wildman–Crippen LogP) is 0.00130. The summed E-state index contributed by atoms with van der Waals surface area (Å²) in [5, 5.41) is 53.7. The van der Waals surface area contributed by atoms with E-state index in [1.54, 1.807) is 6.92 Å². The lowest BCUT2D eigenvalue weighted by Gasteiger charge is -2.42. The van der Waals surface area contributed by atoms with Gasteiger partial charge in [-0.05, 0) is 13.0 Å². The van der Waals surface area contributed by atoms with Crippen molar-refractivity contribution in [3.05, 3.63) is 51.6 Å². The van der Waals surface area contributed by atoms with Crippen LogP contribution in [0, 0.1) is 0 Å². The molecule has 39 heavy (non-hydrogen) atoms. The SMILES string of the molecule is COc1cccc2c1C(=O)c1c(O)c3c(c(O)c1C2=O)C[C@@](O)(C(=O)CO)C[C@@H]3OC1CC(N)[C@H](O)C(C)O1. The van der Waals surface area contributed by atoms with Crippen LogP contribution in [0.3, 0.4) is 0 Å². The molecule has 0 radical (unpaired) electrons. The van der Waals surface area contributed by atoms with Crippen molar-refractivity contribution in [1.29, 1.82) is 0 Å². The van der Waals surface area contributed by atoms with Crippen LogP contribution in [-0.2, 0) is 20.7 Å². The van der Waals surface area contributed by atoms with Crippen molar-refractivity contribution in [3.8, 4) is 17.2 Å². The van der Waals surface area contributed by atoms with Crippen LogP contribution in [0.15, 0.2) is 18.2 Å². The number of hydrogen-bond acceptors (Lipinski definition) is 12. The fraction of sp³-hybridized carbons (Fsp3) is 0.444. The summed E-state index contributed by atoms with van der Waals surface area (Å²) in [6, 6.07) is 3.64. The smallest absolute Gasteiger partial charge is 0.202 e. The van der Waals surface area contributed by atoms with Crippen LogP contribution in [0.25, 0.3) is 0 Å². The molecule has 0 saturated carbocycles. The maximum atomic E-state index is 13.6. The number of carbonyl (C=O) groups excluding carboxylic acids is 3. The first-order valence-electron chi connectivity index (χ1n) is 12.4. The average Bonchev–Trinajstić information content (AvgIpc) is 2.90. The number of carbonyl (C=O) groups is 3. The largest absolute Gasteiger partial charge is 0.507 e. The predicted molar refractivity (Wildman–Crippen MR) is 132 cm³/mol. The maximum Gasteiger partial charge on any atom is 0.202 e. The lowest BCUT2D eigenvalue weighted by Crippen LogP contribution is -2.53. The standard InChI is InChI=1S/C27H29NO11/c1-10-22(31)13(28)6-17(38-10)39-15-8-27(36,16(30)9-29)7-12-19(15)26(35)21-20(24(12)33)23(32)11-4-3-5-14(37-2)18(11)25(21)34/h3-5,10,13,15,17,22,29,31,33,35-36H,6-9,28H2,1-2H3/t10?,13?,15-,17?,22+,27-/m0/s1. The second kappa shape index (κ2) is 9.66. The van der Waals surface area contributed by atoms with Crippen molar-refractivity contribution in [3.63, 3.8) is 0 Å². The molecule has 1 aliphatic heterocycles. The van der Waals surface area contributed by atoms with Crippen molar-refractivity contribution < 1.29 is 54.1 Å². The quantitative estimate of drug-likeness (QED) is 0.235. The van der Waals surface area contributed by atoms with Gasteiger partial charge in [0.25, 0.3) is 0 Å². The third-order valence-electron chi connectivity index (χ3n) is 7.81. The number of phenolic OH excluding ortho intramolecular Hbond substituents is 2. The highest BCUT2D eigenvalue weighted by Gasteiger charge is 2.50. The third-order valence-corrected chi connectivity index (χ3v) is 7.81. The maximum absolute atomic E-state index is 13.6. The van der Waals surface area contributed by atoms with Gasteiger partial charge in [-0.2, -0.15) is 0 Å². The molecular formula is C27H29NO11. The zero-order valence-corrected chi connectivity index (χ0v) is 21.2. The number of hydrogen-bond donors (Lipinski definition) is 6. The molecule has 1 saturated heterocycles. The lowest BCUT2D eigenvalue weighted by molar-refractivity contribution is -0.247.